The maximum Gasteiger partial charge on any atom is 0.0713 e. The van der Waals surface area contributed by atoms with E-state index in [1.807, 2.05) is 13.8 Å². The zero-order chi connectivity index (χ0) is 10.1. The van der Waals surface area contributed by atoms with Gasteiger partial charge in [0.05, 0.1) is 6.10 Å². The average Bonchev–Trinajstić information content (AvgIpc) is 2.13. The molecule has 0 aromatic heterocycles. The molecule has 2 atom stereocenters. The highest BCUT2D eigenvalue weighted by atomic mass is 16.5. The molecule has 0 radical (unpaired) electrons. The molecule has 0 amide bonds. The normalized spacial score (nSPS) is 14.9. The van der Waals surface area contributed by atoms with Crippen molar-refractivity contribution < 1.29 is 4.74 Å². The smallest absolute Gasteiger partial charge is 0.0713 e. The monoisotopic (exact) mass is 184 g/mol. The third-order valence-electron chi connectivity index (χ3n) is 2.05. The summed E-state index contributed by atoms with van der Waals surface area (Å²) in [5.41, 5.74) is 2.75. The highest BCUT2D eigenvalue weighted by Crippen LogP contribution is 2.06. The van der Waals surface area contributed by atoms with Crippen LogP contribution in [-0.4, -0.2) is 18.8 Å². The van der Waals surface area contributed by atoms with Gasteiger partial charge in [-0.25, -0.2) is 0 Å². The van der Waals surface area contributed by atoms with E-state index < -0.39 is 0 Å². The van der Waals surface area contributed by atoms with E-state index >= 15 is 0 Å². The van der Waals surface area contributed by atoms with Crippen LogP contribution in [0.4, 0.5) is 0 Å². The second-order valence-corrected chi connectivity index (χ2v) is 3.03. The molecule has 13 heavy (non-hydrogen) atoms. The maximum absolute atomic E-state index is 5.43. The van der Waals surface area contributed by atoms with Gasteiger partial charge in [0.2, 0.25) is 0 Å². The Labute approximate surface area is 81.0 Å². The molecule has 3 N–H and O–H groups in total. The Hall–Kier alpha value is -0.560. The summed E-state index contributed by atoms with van der Waals surface area (Å²) in [6.07, 6.45) is 8.06. The Bertz CT molecular complexity index is 153. The van der Waals surface area contributed by atoms with Gasteiger partial charge < -0.3 is 4.74 Å². The fraction of sp³-hybridized carbons (Fsp3) is 0.800. The molecular weight excluding hydrogens is 164 g/mol. The summed E-state index contributed by atoms with van der Waals surface area (Å²) >= 11 is 0. The fourth-order valence-electron chi connectivity index (χ4n) is 1.26. The molecule has 0 saturated heterocycles. The van der Waals surface area contributed by atoms with E-state index in [1.54, 1.807) is 0 Å². The number of nitrogens with two attached hydrogens (primary N) is 1. The Morgan fingerprint density at radius 1 is 1.62 bits per heavy atom. The molecule has 3 heteroatoms. The average molecular weight is 184 g/mol. The third-order valence-corrected chi connectivity index (χ3v) is 2.05. The van der Waals surface area contributed by atoms with Gasteiger partial charge in [0.25, 0.3) is 0 Å². The van der Waals surface area contributed by atoms with E-state index in [2.05, 4.69) is 11.3 Å². The highest BCUT2D eigenvalue weighted by Gasteiger charge is 2.14. The van der Waals surface area contributed by atoms with Crippen molar-refractivity contribution in [3.8, 4) is 12.3 Å². The van der Waals surface area contributed by atoms with Crippen LogP contribution in [0.3, 0.4) is 0 Å². The Morgan fingerprint density at radius 2 is 2.31 bits per heavy atom. The first kappa shape index (κ1) is 12.4. The number of nitrogens with one attached hydrogen (secondary N) is 1. The maximum atomic E-state index is 5.43. The van der Waals surface area contributed by atoms with Crippen molar-refractivity contribution in [2.24, 2.45) is 5.84 Å². The van der Waals surface area contributed by atoms with Crippen LogP contribution in [0, 0.1) is 12.3 Å². The molecule has 76 valence electrons. The number of hydrogen-bond donors (Lipinski definition) is 2. The Kier molecular flexibility index (Phi) is 7.71. The summed E-state index contributed by atoms with van der Waals surface area (Å²) in [4.78, 5) is 0. The molecular formula is C10H20N2O. The number of ether oxygens (including phenoxy) is 1. The first-order valence-electron chi connectivity index (χ1n) is 4.77. The lowest BCUT2D eigenvalue weighted by Crippen LogP contribution is -2.43. The first-order chi connectivity index (χ1) is 6.26. The van der Waals surface area contributed by atoms with Crippen molar-refractivity contribution in [1.29, 1.82) is 0 Å². The Balaban J connectivity index is 3.67. The van der Waals surface area contributed by atoms with Crippen LogP contribution in [0.1, 0.15) is 33.1 Å². The molecule has 0 bridgehead atoms. The summed E-state index contributed by atoms with van der Waals surface area (Å²) in [7, 11) is 0. The quantitative estimate of drug-likeness (QED) is 0.269. The summed E-state index contributed by atoms with van der Waals surface area (Å²) < 4.78 is 5.43. The van der Waals surface area contributed by atoms with Crippen LogP contribution in [0.2, 0.25) is 0 Å². The number of unbranched alkanes of at least 4 members (excludes halogenated alkanes) is 1. The van der Waals surface area contributed by atoms with Crippen LogP contribution in [0.5, 0.6) is 0 Å². The van der Waals surface area contributed by atoms with Gasteiger partial charge in [-0.05, 0) is 26.7 Å². The lowest BCUT2D eigenvalue weighted by atomic mass is 10.1. The molecule has 0 aliphatic heterocycles. The van der Waals surface area contributed by atoms with Crippen molar-refractivity contribution in [2.75, 3.05) is 6.61 Å². The summed E-state index contributed by atoms with van der Waals surface area (Å²) in [6, 6.07) is 0.202. The minimum Gasteiger partial charge on any atom is -0.377 e. The Morgan fingerprint density at radius 3 is 2.77 bits per heavy atom. The number of rotatable bonds is 7. The van der Waals surface area contributed by atoms with Crippen LogP contribution in [0.25, 0.3) is 0 Å². The molecule has 0 rings (SSSR count). The predicted octanol–water partition coefficient (Wildman–Crippen LogP) is 1.05. The number of hydrogen-bond acceptors (Lipinski definition) is 3. The number of hydrazine groups is 1. The van der Waals surface area contributed by atoms with Crippen LogP contribution in [0.15, 0.2) is 0 Å². The zero-order valence-corrected chi connectivity index (χ0v) is 8.55. The van der Waals surface area contributed by atoms with Gasteiger partial charge in [-0.3, -0.25) is 11.3 Å². The molecule has 0 fully saturated rings. The van der Waals surface area contributed by atoms with E-state index in [4.69, 9.17) is 17.0 Å². The topological polar surface area (TPSA) is 47.3 Å². The van der Waals surface area contributed by atoms with Crippen molar-refractivity contribution in [3.63, 3.8) is 0 Å². The van der Waals surface area contributed by atoms with E-state index in [-0.39, 0.29) is 12.1 Å². The lowest BCUT2D eigenvalue weighted by molar-refractivity contribution is 0.0448. The van der Waals surface area contributed by atoms with E-state index in [9.17, 15) is 0 Å². The van der Waals surface area contributed by atoms with Gasteiger partial charge >= 0.3 is 0 Å². The summed E-state index contributed by atoms with van der Waals surface area (Å²) in [5.74, 6) is 8.01. The number of terminal acetylenes is 1. The van der Waals surface area contributed by atoms with E-state index in [0.29, 0.717) is 6.61 Å². The fourth-order valence-corrected chi connectivity index (χ4v) is 1.26. The summed E-state index contributed by atoms with van der Waals surface area (Å²) in [6.45, 7) is 4.71. The van der Waals surface area contributed by atoms with Crippen molar-refractivity contribution in [3.05, 3.63) is 0 Å². The minimum absolute atomic E-state index is 0.146. The molecule has 0 saturated carbocycles. The third kappa shape index (κ3) is 5.64. The SMILES string of the molecule is C#CCCCC(NN)C(C)OCC. The molecule has 0 aliphatic rings. The largest absolute Gasteiger partial charge is 0.377 e. The van der Waals surface area contributed by atoms with E-state index in [0.717, 1.165) is 19.3 Å². The standard InChI is InChI=1S/C10H20N2O/c1-4-6-7-8-10(12-11)9(3)13-5-2/h1,9-10,12H,5-8,11H2,2-3H3. The molecule has 0 spiro atoms. The summed E-state index contributed by atoms with van der Waals surface area (Å²) in [5, 5.41) is 0. The van der Waals surface area contributed by atoms with Crippen LogP contribution >= 0.6 is 0 Å². The molecule has 0 aromatic rings. The second-order valence-electron chi connectivity index (χ2n) is 3.03. The highest BCUT2D eigenvalue weighted by molar-refractivity contribution is 4.84. The minimum atomic E-state index is 0.146. The van der Waals surface area contributed by atoms with Crippen molar-refractivity contribution in [1.82, 2.24) is 5.43 Å². The molecule has 0 heterocycles. The van der Waals surface area contributed by atoms with Crippen LogP contribution in [-0.2, 0) is 4.74 Å². The zero-order valence-electron chi connectivity index (χ0n) is 8.55. The van der Waals surface area contributed by atoms with Gasteiger partial charge in [-0.1, -0.05) is 0 Å². The molecule has 3 nitrogen and oxygen atoms in total. The molecule has 0 aromatic carbocycles. The second kappa shape index (κ2) is 8.06. The van der Waals surface area contributed by atoms with Gasteiger partial charge in [0.1, 0.15) is 0 Å². The first-order valence-corrected chi connectivity index (χ1v) is 4.77. The molecule has 2 unspecified atom stereocenters. The van der Waals surface area contributed by atoms with Crippen molar-refractivity contribution >= 4 is 0 Å². The van der Waals surface area contributed by atoms with Gasteiger partial charge in [0, 0.05) is 19.1 Å². The molecule has 0 aliphatic carbocycles. The predicted molar refractivity (Wildman–Crippen MR) is 54.9 cm³/mol. The van der Waals surface area contributed by atoms with Crippen LogP contribution < -0.4 is 11.3 Å². The van der Waals surface area contributed by atoms with Gasteiger partial charge in [0.15, 0.2) is 0 Å². The van der Waals surface area contributed by atoms with Gasteiger partial charge in [-0.2, -0.15) is 0 Å². The van der Waals surface area contributed by atoms with Crippen molar-refractivity contribution in [2.45, 2.75) is 45.3 Å². The lowest BCUT2D eigenvalue weighted by Gasteiger charge is -2.22. The van der Waals surface area contributed by atoms with E-state index in [1.165, 1.54) is 0 Å². The van der Waals surface area contributed by atoms with Gasteiger partial charge in [-0.15, -0.1) is 12.3 Å².